The molecule has 0 unspecified atom stereocenters. The van der Waals surface area contributed by atoms with Crippen molar-refractivity contribution in [3.63, 3.8) is 0 Å². The fourth-order valence-electron chi connectivity index (χ4n) is 4.62. The fourth-order valence-corrected chi connectivity index (χ4v) is 4.62. The first-order valence-corrected chi connectivity index (χ1v) is 9.86. The maximum Gasteiger partial charge on any atom is 0.226 e. The maximum absolute atomic E-state index is 12.7. The number of carbonyl (C=O) groups is 1. The van der Waals surface area contributed by atoms with Gasteiger partial charge in [-0.05, 0) is 51.1 Å². The highest BCUT2D eigenvalue weighted by molar-refractivity contribution is 5.79. The van der Waals surface area contributed by atoms with Crippen molar-refractivity contribution in [1.29, 1.82) is 0 Å². The van der Waals surface area contributed by atoms with Crippen molar-refractivity contribution in [3.8, 4) is 0 Å². The molecule has 3 aliphatic heterocycles. The lowest BCUT2D eigenvalue weighted by atomic mass is 9.93. The molecule has 25 heavy (non-hydrogen) atoms. The van der Waals surface area contributed by atoms with Crippen molar-refractivity contribution in [2.75, 3.05) is 44.2 Å². The lowest BCUT2D eigenvalue weighted by molar-refractivity contribution is -0.136. The zero-order valence-electron chi connectivity index (χ0n) is 15.0. The molecule has 4 heterocycles. The highest BCUT2D eigenvalue weighted by Gasteiger charge is 2.34. The Hall–Kier alpha value is -1.69. The van der Waals surface area contributed by atoms with E-state index in [9.17, 15) is 4.79 Å². The Kier molecular flexibility index (Phi) is 5.15. The van der Waals surface area contributed by atoms with Gasteiger partial charge in [0.25, 0.3) is 0 Å². The molecule has 0 N–H and O–H groups in total. The zero-order valence-corrected chi connectivity index (χ0v) is 15.0. The summed E-state index contributed by atoms with van der Waals surface area (Å²) in [7, 11) is 0. The van der Waals surface area contributed by atoms with Crippen molar-refractivity contribution in [3.05, 3.63) is 18.5 Å². The number of amides is 1. The summed E-state index contributed by atoms with van der Waals surface area (Å²) in [5.74, 6) is 1.49. The van der Waals surface area contributed by atoms with E-state index in [0.29, 0.717) is 11.9 Å². The summed E-state index contributed by atoms with van der Waals surface area (Å²) in [6.45, 7) is 6.08. The van der Waals surface area contributed by atoms with E-state index in [1.807, 2.05) is 18.5 Å². The number of nitrogens with zero attached hydrogens (tertiary/aromatic N) is 5. The molecule has 0 bridgehead atoms. The summed E-state index contributed by atoms with van der Waals surface area (Å²) in [5, 5.41) is 0. The summed E-state index contributed by atoms with van der Waals surface area (Å²) in [5.41, 5.74) is 0. The standard InChI is InChI=1S/C19H29N5O/c25-18(22-10-1-2-11-22)16-5-3-12-24(15-16)17-6-13-23(14-7-17)19-20-8-4-9-21-19/h4,8-9,16-17H,1-3,5-7,10-15H2/t16-/m0/s1. The monoisotopic (exact) mass is 343 g/mol. The lowest BCUT2D eigenvalue weighted by Crippen LogP contribution is -2.51. The average Bonchev–Trinajstić information content (AvgIpc) is 3.23. The van der Waals surface area contributed by atoms with Crippen molar-refractivity contribution in [2.45, 2.75) is 44.6 Å². The van der Waals surface area contributed by atoms with Crippen molar-refractivity contribution < 1.29 is 4.79 Å². The molecule has 0 radical (unpaired) electrons. The summed E-state index contributed by atoms with van der Waals surface area (Å²) in [6, 6.07) is 2.47. The topological polar surface area (TPSA) is 52.6 Å². The van der Waals surface area contributed by atoms with Gasteiger partial charge in [0, 0.05) is 51.2 Å². The first kappa shape index (κ1) is 16.8. The summed E-state index contributed by atoms with van der Waals surface area (Å²) in [4.78, 5) is 28.5. The minimum absolute atomic E-state index is 0.224. The van der Waals surface area contributed by atoms with Gasteiger partial charge in [0.05, 0.1) is 5.92 Å². The molecule has 0 saturated carbocycles. The van der Waals surface area contributed by atoms with E-state index < -0.39 is 0 Å². The van der Waals surface area contributed by atoms with Crippen LogP contribution in [0.15, 0.2) is 18.5 Å². The maximum atomic E-state index is 12.7. The van der Waals surface area contributed by atoms with E-state index >= 15 is 0 Å². The molecular formula is C19H29N5O. The van der Waals surface area contributed by atoms with Crippen LogP contribution in [0.1, 0.15) is 38.5 Å². The van der Waals surface area contributed by atoms with Crippen molar-refractivity contribution in [2.24, 2.45) is 5.92 Å². The number of anilines is 1. The molecule has 6 nitrogen and oxygen atoms in total. The number of aromatic nitrogens is 2. The Morgan fingerprint density at radius 3 is 2.36 bits per heavy atom. The molecule has 1 amide bonds. The third kappa shape index (κ3) is 3.78. The van der Waals surface area contributed by atoms with Crippen LogP contribution in [0.25, 0.3) is 0 Å². The zero-order chi connectivity index (χ0) is 17.1. The average molecular weight is 343 g/mol. The molecule has 3 saturated heterocycles. The molecule has 3 aliphatic rings. The van der Waals surface area contributed by atoms with Crippen LogP contribution in [0.5, 0.6) is 0 Å². The van der Waals surface area contributed by atoms with Crippen LogP contribution in [-0.4, -0.2) is 71.0 Å². The molecule has 1 aromatic rings. The number of hydrogen-bond donors (Lipinski definition) is 0. The van der Waals surface area contributed by atoms with E-state index in [1.165, 1.54) is 12.8 Å². The molecule has 6 heteroatoms. The second-order valence-corrected chi connectivity index (χ2v) is 7.63. The quantitative estimate of drug-likeness (QED) is 0.837. The van der Waals surface area contributed by atoms with E-state index in [2.05, 4.69) is 24.7 Å². The first-order chi connectivity index (χ1) is 12.3. The molecule has 4 rings (SSSR count). The Bertz CT molecular complexity index is 566. The van der Waals surface area contributed by atoms with Crippen LogP contribution >= 0.6 is 0 Å². The van der Waals surface area contributed by atoms with Gasteiger partial charge in [-0.3, -0.25) is 9.69 Å². The normalized spacial score (nSPS) is 26.2. The van der Waals surface area contributed by atoms with Gasteiger partial charge in [-0.15, -0.1) is 0 Å². The molecule has 0 aliphatic carbocycles. The highest BCUT2D eigenvalue weighted by atomic mass is 16.2. The minimum Gasteiger partial charge on any atom is -0.342 e. The molecule has 1 aromatic heterocycles. The third-order valence-corrected chi connectivity index (χ3v) is 6.04. The van der Waals surface area contributed by atoms with Crippen LogP contribution in [0.3, 0.4) is 0 Å². The second-order valence-electron chi connectivity index (χ2n) is 7.63. The third-order valence-electron chi connectivity index (χ3n) is 6.04. The summed E-state index contributed by atoms with van der Waals surface area (Å²) >= 11 is 0. The van der Waals surface area contributed by atoms with Crippen LogP contribution in [0, 0.1) is 5.92 Å². The van der Waals surface area contributed by atoms with Crippen LogP contribution in [0.2, 0.25) is 0 Å². The van der Waals surface area contributed by atoms with E-state index in [-0.39, 0.29) is 5.92 Å². The summed E-state index contributed by atoms with van der Waals surface area (Å²) < 4.78 is 0. The van der Waals surface area contributed by atoms with Crippen molar-refractivity contribution >= 4 is 11.9 Å². The Balaban J connectivity index is 1.31. The van der Waals surface area contributed by atoms with E-state index in [4.69, 9.17) is 0 Å². The van der Waals surface area contributed by atoms with Gasteiger partial charge in [-0.1, -0.05) is 0 Å². The predicted octanol–water partition coefficient (Wildman–Crippen LogP) is 1.78. The number of likely N-dealkylation sites (tertiary alicyclic amines) is 2. The molecular weight excluding hydrogens is 314 g/mol. The number of hydrogen-bond acceptors (Lipinski definition) is 5. The van der Waals surface area contributed by atoms with Crippen LogP contribution < -0.4 is 4.90 Å². The van der Waals surface area contributed by atoms with Gasteiger partial charge in [0.2, 0.25) is 11.9 Å². The van der Waals surface area contributed by atoms with E-state index in [1.54, 1.807) is 0 Å². The number of carbonyl (C=O) groups excluding carboxylic acids is 1. The highest BCUT2D eigenvalue weighted by Crippen LogP contribution is 2.26. The van der Waals surface area contributed by atoms with Crippen molar-refractivity contribution in [1.82, 2.24) is 19.8 Å². The second kappa shape index (κ2) is 7.68. The Morgan fingerprint density at radius 1 is 0.920 bits per heavy atom. The fraction of sp³-hybridized carbons (Fsp3) is 0.737. The van der Waals surface area contributed by atoms with Gasteiger partial charge in [-0.2, -0.15) is 0 Å². The lowest BCUT2D eigenvalue weighted by Gasteiger charge is -2.42. The Labute approximate surface area is 150 Å². The van der Waals surface area contributed by atoms with Gasteiger partial charge < -0.3 is 9.80 Å². The number of piperidine rings is 2. The van der Waals surface area contributed by atoms with E-state index in [0.717, 1.165) is 70.9 Å². The summed E-state index contributed by atoms with van der Waals surface area (Å²) in [6.07, 6.45) is 10.5. The molecule has 0 spiro atoms. The van der Waals surface area contributed by atoms with Crippen LogP contribution in [-0.2, 0) is 4.79 Å². The van der Waals surface area contributed by atoms with Gasteiger partial charge in [0.15, 0.2) is 0 Å². The van der Waals surface area contributed by atoms with Gasteiger partial charge in [0.1, 0.15) is 0 Å². The predicted molar refractivity (Wildman–Crippen MR) is 97.4 cm³/mol. The minimum atomic E-state index is 0.224. The van der Waals surface area contributed by atoms with Gasteiger partial charge in [-0.25, -0.2) is 9.97 Å². The largest absolute Gasteiger partial charge is 0.342 e. The molecule has 0 aromatic carbocycles. The van der Waals surface area contributed by atoms with Crippen LogP contribution in [0.4, 0.5) is 5.95 Å². The SMILES string of the molecule is O=C([C@H]1CCCN(C2CCN(c3ncccn3)CC2)C1)N1CCCC1. The first-order valence-electron chi connectivity index (χ1n) is 9.86. The Morgan fingerprint density at radius 2 is 1.64 bits per heavy atom. The smallest absolute Gasteiger partial charge is 0.226 e. The molecule has 1 atom stereocenters. The van der Waals surface area contributed by atoms with Gasteiger partial charge >= 0.3 is 0 Å². The molecule has 3 fully saturated rings. The molecule has 136 valence electrons. The number of rotatable bonds is 3.